The topological polar surface area (TPSA) is 43.3 Å². The SMILES string of the molecule is Cn1ccc2cc(NC(=O)C=C3CCCOc4cc(C(F)(F)F)ccc43)ccc21. The fourth-order valence-corrected chi connectivity index (χ4v) is 3.51. The molecule has 4 rings (SSSR count). The van der Waals surface area contributed by atoms with Crippen molar-refractivity contribution >= 4 is 28.1 Å². The number of aryl methyl sites for hydroxylation is 1. The minimum absolute atomic E-state index is 0.155. The number of hydrogen-bond donors (Lipinski definition) is 1. The lowest BCUT2D eigenvalue weighted by Crippen LogP contribution is -2.09. The highest BCUT2D eigenvalue weighted by Crippen LogP contribution is 2.38. The number of aromatic nitrogens is 1. The van der Waals surface area contributed by atoms with Crippen LogP contribution in [0.25, 0.3) is 16.5 Å². The lowest BCUT2D eigenvalue weighted by atomic mass is 9.99. The maximum Gasteiger partial charge on any atom is 0.416 e. The zero-order valence-electron chi connectivity index (χ0n) is 15.7. The Kier molecular flexibility index (Phi) is 4.82. The van der Waals surface area contributed by atoms with Crippen LogP contribution in [0.4, 0.5) is 18.9 Å². The molecule has 1 aliphatic rings. The summed E-state index contributed by atoms with van der Waals surface area (Å²) in [6, 6.07) is 11.0. The molecule has 3 aromatic rings. The van der Waals surface area contributed by atoms with Gasteiger partial charge in [0, 0.05) is 41.5 Å². The standard InChI is InChI=1S/C22H19F3N2O2/c1-27-9-8-15-11-17(5-7-19(15)27)26-21(28)12-14-3-2-10-29-20-13-16(22(23,24)25)4-6-18(14)20/h4-9,11-13H,2-3,10H2,1H3,(H,26,28). The van der Waals surface area contributed by atoms with Gasteiger partial charge in [0.1, 0.15) is 5.75 Å². The summed E-state index contributed by atoms with van der Waals surface area (Å²) in [4.78, 5) is 12.6. The largest absolute Gasteiger partial charge is 0.493 e. The second kappa shape index (κ2) is 7.31. The third-order valence-electron chi connectivity index (χ3n) is 4.96. The van der Waals surface area contributed by atoms with Gasteiger partial charge in [-0.1, -0.05) is 6.07 Å². The average Bonchev–Trinajstić information content (AvgIpc) is 2.91. The summed E-state index contributed by atoms with van der Waals surface area (Å²) in [5.74, 6) is -0.176. The number of anilines is 1. The Morgan fingerprint density at radius 3 is 2.79 bits per heavy atom. The average molecular weight is 400 g/mol. The molecule has 1 N–H and O–H groups in total. The number of amides is 1. The number of carbonyl (C=O) groups excluding carboxylic acids is 1. The van der Waals surface area contributed by atoms with Crippen molar-refractivity contribution < 1.29 is 22.7 Å². The van der Waals surface area contributed by atoms with Gasteiger partial charge in [-0.15, -0.1) is 0 Å². The molecule has 4 nitrogen and oxygen atoms in total. The Morgan fingerprint density at radius 1 is 1.17 bits per heavy atom. The molecule has 0 radical (unpaired) electrons. The number of fused-ring (bicyclic) bond motifs is 2. The van der Waals surface area contributed by atoms with E-state index in [0.717, 1.165) is 23.0 Å². The van der Waals surface area contributed by atoms with E-state index in [9.17, 15) is 18.0 Å². The quantitative estimate of drug-likeness (QED) is 0.586. The summed E-state index contributed by atoms with van der Waals surface area (Å²) >= 11 is 0. The predicted octanol–water partition coefficient (Wildman–Crippen LogP) is 5.39. The summed E-state index contributed by atoms with van der Waals surface area (Å²) in [6.45, 7) is 0.304. The molecule has 0 bridgehead atoms. The normalized spacial score (nSPS) is 15.7. The van der Waals surface area contributed by atoms with Gasteiger partial charge in [-0.3, -0.25) is 4.79 Å². The molecule has 7 heteroatoms. The molecule has 1 aliphatic heterocycles. The Hall–Kier alpha value is -3.22. The second-order valence-electron chi connectivity index (χ2n) is 7.02. The van der Waals surface area contributed by atoms with Crippen LogP contribution in [0.1, 0.15) is 24.0 Å². The summed E-state index contributed by atoms with van der Waals surface area (Å²) < 4.78 is 46.4. The molecule has 29 heavy (non-hydrogen) atoms. The molecule has 0 saturated carbocycles. The zero-order chi connectivity index (χ0) is 20.6. The van der Waals surface area contributed by atoms with Gasteiger partial charge < -0.3 is 14.6 Å². The van der Waals surface area contributed by atoms with Crippen LogP contribution in [0.5, 0.6) is 5.75 Å². The Balaban J connectivity index is 1.60. The lowest BCUT2D eigenvalue weighted by Gasteiger charge is -2.13. The van der Waals surface area contributed by atoms with Crippen LogP contribution < -0.4 is 10.1 Å². The van der Waals surface area contributed by atoms with Gasteiger partial charge in [-0.05, 0) is 54.8 Å². The van der Waals surface area contributed by atoms with Gasteiger partial charge in [-0.2, -0.15) is 13.2 Å². The summed E-state index contributed by atoms with van der Waals surface area (Å²) in [7, 11) is 1.95. The monoisotopic (exact) mass is 400 g/mol. The molecule has 2 aromatic carbocycles. The molecule has 150 valence electrons. The van der Waals surface area contributed by atoms with E-state index in [1.807, 2.05) is 42.1 Å². The van der Waals surface area contributed by atoms with Gasteiger partial charge in [0.2, 0.25) is 5.91 Å². The van der Waals surface area contributed by atoms with Gasteiger partial charge >= 0.3 is 6.18 Å². The highest BCUT2D eigenvalue weighted by molar-refractivity contribution is 6.05. The summed E-state index contributed by atoms with van der Waals surface area (Å²) in [6.07, 6.45) is 0.0997. The van der Waals surface area contributed by atoms with Crippen molar-refractivity contribution in [2.24, 2.45) is 7.05 Å². The van der Waals surface area contributed by atoms with Gasteiger partial charge in [0.25, 0.3) is 0 Å². The summed E-state index contributed by atoms with van der Waals surface area (Å²) in [5, 5.41) is 3.84. The van der Waals surface area contributed by atoms with Crippen LogP contribution in [0.3, 0.4) is 0 Å². The van der Waals surface area contributed by atoms with Crippen molar-refractivity contribution in [3.8, 4) is 5.75 Å². The first kappa shape index (κ1) is 19.1. The van der Waals surface area contributed by atoms with E-state index in [-0.39, 0.29) is 11.7 Å². The van der Waals surface area contributed by atoms with Crippen molar-refractivity contribution in [1.82, 2.24) is 4.57 Å². The molecule has 2 heterocycles. The van der Waals surface area contributed by atoms with Crippen LogP contribution in [0, 0.1) is 0 Å². The molecular formula is C22H19F3N2O2. The van der Waals surface area contributed by atoms with Crippen LogP contribution in [0.15, 0.2) is 54.7 Å². The maximum atomic E-state index is 13.0. The molecule has 0 atom stereocenters. The van der Waals surface area contributed by atoms with Crippen molar-refractivity contribution in [2.45, 2.75) is 19.0 Å². The Labute approximate surface area is 165 Å². The molecular weight excluding hydrogens is 381 g/mol. The molecule has 1 aromatic heterocycles. The minimum Gasteiger partial charge on any atom is -0.493 e. The number of nitrogens with one attached hydrogen (secondary N) is 1. The van der Waals surface area contributed by atoms with Gasteiger partial charge in [0.15, 0.2) is 0 Å². The number of halogens is 3. The number of benzene rings is 2. The van der Waals surface area contributed by atoms with E-state index >= 15 is 0 Å². The smallest absolute Gasteiger partial charge is 0.416 e. The van der Waals surface area contributed by atoms with E-state index in [1.54, 1.807) is 0 Å². The number of ether oxygens (including phenoxy) is 1. The third-order valence-corrected chi connectivity index (χ3v) is 4.96. The molecule has 0 aliphatic carbocycles. The van der Waals surface area contributed by atoms with E-state index in [0.29, 0.717) is 36.3 Å². The van der Waals surface area contributed by atoms with Crippen LogP contribution in [-0.4, -0.2) is 17.1 Å². The predicted molar refractivity (Wildman–Crippen MR) is 106 cm³/mol. The van der Waals surface area contributed by atoms with Gasteiger partial charge in [-0.25, -0.2) is 0 Å². The number of allylic oxidation sites excluding steroid dienone is 1. The second-order valence-corrected chi connectivity index (χ2v) is 7.02. The van der Waals surface area contributed by atoms with Crippen LogP contribution in [-0.2, 0) is 18.0 Å². The number of rotatable bonds is 2. The highest BCUT2D eigenvalue weighted by Gasteiger charge is 2.32. The molecule has 0 fully saturated rings. The first-order valence-corrected chi connectivity index (χ1v) is 9.22. The maximum absolute atomic E-state index is 13.0. The number of nitrogens with zero attached hydrogens (tertiary/aromatic N) is 1. The summed E-state index contributed by atoms with van der Waals surface area (Å²) in [5.41, 5.74) is 2.12. The molecule has 0 unspecified atom stereocenters. The van der Waals surface area contributed by atoms with Crippen molar-refractivity contribution in [2.75, 3.05) is 11.9 Å². The fourth-order valence-electron chi connectivity index (χ4n) is 3.51. The number of carbonyl (C=O) groups is 1. The van der Waals surface area contributed by atoms with Crippen LogP contribution in [0.2, 0.25) is 0 Å². The molecule has 0 spiro atoms. The fraction of sp³-hybridized carbons (Fsp3) is 0.227. The highest BCUT2D eigenvalue weighted by atomic mass is 19.4. The molecule has 1 amide bonds. The zero-order valence-corrected chi connectivity index (χ0v) is 15.7. The van der Waals surface area contributed by atoms with E-state index < -0.39 is 11.7 Å². The van der Waals surface area contributed by atoms with Gasteiger partial charge in [0.05, 0.1) is 12.2 Å². The van der Waals surface area contributed by atoms with Crippen molar-refractivity contribution in [1.29, 1.82) is 0 Å². The van der Waals surface area contributed by atoms with Crippen molar-refractivity contribution in [3.05, 3.63) is 65.9 Å². The lowest BCUT2D eigenvalue weighted by molar-refractivity contribution is -0.137. The molecule has 0 saturated heterocycles. The Morgan fingerprint density at radius 2 is 2.00 bits per heavy atom. The van der Waals surface area contributed by atoms with Crippen molar-refractivity contribution in [3.63, 3.8) is 0 Å². The minimum atomic E-state index is -4.44. The van der Waals surface area contributed by atoms with E-state index in [1.165, 1.54) is 12.1 Å². The first-order valence-electron chi connectivity index (χ1n) is 9.22. The van der Waals surface area contributed by atoms with E-state index in [4.69, 9.17) is 4.74 Å². The Bertz CT molecular complexity index is 1110. The number of alkyl halides is 3. The van der Waals surface area contributed by atoms with E-state index in [2.05, 4.69) is 5.32 Å². The van der Waals surface area contributed by atoms with Crippen LogP contribution >= 0.6 is 0 Å². The first-order chi connectivity index (χ1) is 13.8. The third kappa shape index (κ3) is 3.99. The number of hydrogen-bond acceptors (Lipinski definition) is 2.